The van der Waals surface area contributed by atoms with Crippen molar-refractivity contribution >= 4 is 5.91 Å². The molecule has 23 heavy (non-hydrogen) atoms. The van der Waals surface area contributed by atoms with E-state index in [4.69, 9.17) is 0 Å². The van der Waals surface area contributed by atoms with Gasteiger partial charge in [-0.1, -0.05) is 0 Å². The first-order valence-corrected chi connectivity index (χ1v) is 7.27. The second-order valence-corrected chi connectivity index (χ2v) is 5.54. The molecule has 1 heterocycles. The summed E-state index contributed by atoms with van der Waals surface area (Å²) < 4.78 is 39.5. The first kappa shape index (κ1) is 17.1. The third-order valence-electron chi connectivity index (χ3n) is 4.03. The minimum absolute atomic E-state index is 0.221. The topological polar surface area (TPSA) is 34.0 Å². The summed E-state index contributed by atoms with van der Waals surface area (Å²) in [6.07, 6.45) is -3.71. The summed E-state index contributed by atoms with van der Waals surface area (Å²) >= 11 is 0. The lowest BCUT2D eigenvalue weighted by molar-refractivity contribution is -0.137. The fraction of sp³-hybridized carbons (Fsp3) is 0.353. The van der Waals surface area contributed by atoms with Gasteiger partial charge in [0.15, 0.2) is 0 Å². The molecule has 0 aliphatic rings. The van der Waals surface area contributed by atoms with Gasteiger partial charge >= 0.3 is 6.18 Å². The minimum atomic E-state index is -4.39. The molecule has 1 amide bonds. The number of aromatic nitrogens is 1. The number of alkyl halides is 3. The van der Waals surface area contributed by atoms with Gasteiger partial charge in [0.25, 0.3) is 5.91 Å². The highest BCUT2D eigenvalue weighted by Crippen LogP contribution is 2.29. The Hall–Kier alpha value is -2.24. The van der Waals surface area contributed by atoms with E-state index in [1.807, 2.05) is 20.9 Å². The van der Waals surface area contributed by atoms with Crippen molar-refractivity contribution in [2.45, 2.75) is 26.4 Å². The quantitative estimate of drug-likeness (QED) is 0.915. The van der Waals surface area contributed by atoms with Gasteiger partial charge in [0.05, 0.1) is 5.56 Å². The summed E-state index contributed by atoms with van der Waals surface area (Å²) in [6.45, 7) is 4.46. The predicted molar refractivity (Wildman–Crippen MR) is 82.4 cm³/mol. The molecule has 0 unspecified atom stereocenters. The maximum absolute atomic E-state index is 12.5. The van der Waals surface area contributed by atoms with Crippen LogP contribution in [0.4, 0.5) is 13.2 Å². The number of carbonyl (C=O) groups is 1. The second-order valence-electron chi connectivity index (χ2n) is 5.54. The highest BCUT2D eigenvalue weighted by atomic mass is 19.4. The molecule has 0 atom stereocenters. The molecule has 0 aliphatic heterocycles. The molecule has 6 heteroatoms. The lowest BCUT2D eigenvalue weighted by Crippen LogP contribution is -2.25. The molecular formula is C17H19F3N2O. The van der Waals surface area contributed by atoms with E-state index in [2.05, 4.69) is 16.0 Å². The molecule has 124 valence electrons. The van der Waals surface area contributed by atoms with Crippen molar-refractivity contribution in [2.75, 3.05) is 6.54 Å². The number of rotatable bonds is 4. The van der Waals surface area contributed by atoms with Crippen LogP contribution in [0.2, 0.25) is 0 Å². The number of nitrogens with zero attached hydrogens (tertiary/aromatic N) is 1. The molecule has 2 rings (SSSR count). The van der Waals surface area contributed by atoms with Crippen LogP contribution in [-0.4, -0.2) is 17.0 Å². The SMILES string of the molecule is Cc1cc(CCNC(=O)c2ccc(C(F)(F)F)cc2)c(C)n1C. The summed E-state index contributed by atoms with van der Waals surface area (Å²) in [5.74, 6) is -0.371. The van der Waals surface area contributed by atoms with Crippen LogP contribution in [0, 0.1) is 13.8 Å². The minimum Gasteiger partial charge on any atom is -0.352 e. The zero-order chi connectivity index (χ0) is 17.2. The van der Waals surface area contributed by atoms with Crippen LogP contribution in [0.15, 0.2) is 30.3 Å². The molecule has 0 fully saturated rings. The van der Waals surface area contributed by atoms with Crippen LogP contribution in [-0.2, 0) is 19.6 Å². The summed E-state index contributed by atoms with van der Waals surface area (Å²) in [6, 6.07) is 6.28. The van der Waals surface area contributed by atoms with E-state index in [0.717, 1.165) is 29.1 Å². The second kappa shape index (κ2) is 6.48. The number of halogens is 3. The summed E-state index contributed by atoms with van der Waals surface area (Å²) in [7, 11) is 1.98. The van der Waals surface area contributed by atoms with Gasteiger partial charge in [-0.2, -0.15) is 13.2 Å². The molecule has 1 N–H and O–H groups in total. The van der Waals surface area contributed by atoms with E-state index in [-0.39, 0.29) is 11.5 Å². The van der Waals surface area contributed by atoms with Crippen molar-refractivity contribution in [3.8, 4) is 0 Å². The van der Waals surface area contributed by atoms with Crippen molar-refractivity contribution in [2.24, 2.45) is 7.05 Å². The maximum Gasteiger partial charge on any atom is 0.416 e. The van der Waals surface area contributed by atoms with Gasteiger partial charge in [-0.05, 0) is 56.2 Å². The molecule has 1 aromatic heterocycles. The van der Waals surface area contributed by atoms with E-state index in [0.29, 0.717) is 13.0 Å². The molecule has 0 spiro atoms. The van der Waals surface area contributed by atoms with Crippen molar-refractivity contribution in [1.29, 1.82) is 0 Å². The molecule has 0 saturated carbocycles. The number of amides is 1. The highest BCUT2D eigenvalue weighted by molar-refractivity contribution is 5.94. The summed E-state index contributed by atoms with van der Waals surface area (Å²) in [4.78, 5) is 12.0. The van der Waals surface area contributed by atoms with Gasteiger partial charge in [0, 0.05) is 30.5 Å². The van der Waals surface area contributed by atoms with E-state index < -0.39 is 11.7 Å². The number of benzene rings is 1. The van der Waals surface area contributed by atoms with Crippen molar-refractivity contribution in [1.82, 2.24) is 9.88 Å². The Bertz CT molecular complexity index is 700. The lowest BCUT2D eigenvalue weighted by atomic mass is 10.1. The van der Waals surface area contributed by atoms with Gasteiger partial charge in [0.2, 0.25) is 0 Å². The van der Waals surface area contributed by atoms with Crippen molar-refractivity contribution in [3.05, 3.63) is 58.4 Å². The summed E-state index contributed by atoms with van der Waals surface area (Å²) in [5.41, 5.74) is 2.90. The van der Waals surface area contributed by atoms with Crippen LogP contribution < -0.4 is 5.32 Å². The van der Waals surface area contributed by atoms with Crippen molar-refractivity contribution < 1.29 is 18.0 Å². The van der Waals surface area contributed by atoms with Gasteiger partial charge in [-0.15, -0.1) is 0 Å². The normalized spacial score (nSPS) is 11.6. The van der Waals surface area contributed by atoms with E-state index in [1.165, 1.54) is 12.1 Å². The van der Waals surface area contributed by atoms with Crippen LogP contribution >= 0.6 is 0 Å². The van der Waals surface area contributed by atoms with E-state index in [1.54, 1.807) is 0 Å². The summed E-state index contributed by atoms with van der Waals surface area (Å²) in [5, 5.41) is 2.73. The molecule has 0 saturated heterocycles. The van der Waals surface area contributed by atoms with Crippen LogP contribution in [0.1, 0.15) is 32.9 Å². The van der Waals surface area contributed by atoms with Crippen LogP contribution in [0.5, 0.6) is 0 Å². The average Bonchev–Trinajstić information content (AvgIpc) is 2.74. The largest absolute Gasteiger partial charge is 0.416 e. The Morgan fingerprint density at radius 1 is 1.17 bits per heavy atom. The Morgan fingerprint density at radius 3 is 2.26 bits per heavy atom. The van der Waals surface area contributed by atoms with Crippen LogP contribution in [0.25, 0.3) is 0 Å². The lowest BCUT2D eigenvalue weighted by Gasteiger charge is -2.08. The molecular weight excluding hydrogens is 305 g/mol. The van der Waals surface area contributed by atoms with E-state index in [9.17, 15) is 18.0 Å². The fourth-order valence-electron chi connectivity index (χ4n) is 2.41. The molecule has 2 aromatic rings. The molecule has 1 aromatic carbocycles. The highest BCUT2D eigenvalue weighted by Gasteiger charge is 2.30. The van der Waals surface area contributed by atoms with Gasteiger partial charge in [-0.3, -0.25) is 4.79 Å². The molecule has 3 nitrogen and oxygen atoms in total. The molecule has 0 bridgehead atoms. The number of aryl methyl sites for hydroxylation is 1. The zero-order valence-corrected chi connectivity index (χ0v) is 13.3. The number of hydrogen-bond donors (Lipinski definition) is 1. The molecule has 0 aliphatic carbocycles. The standard InChI is InChI=1S/C17H19F3N2O/c1-11-10-14(12(2)22(11)3)8-9-21-16(23)13-4-6-15(7-5-13)17(18,19)20/h4-7,10H,8-9H2,1-3H3,(H,21,23). The first-order chi connectivity index (χ1) is 10.7. The van der Waals surface area contributed by atoms with Crippen LogP contribution in [0.3, 0.4) is 0 Å². The Morgan fingerprint density at radius 2 is 1.78 bits per heavy atom. The average molecular weight is 324 g/mol. The smallest absolute Gasteiger partial charge is 0.352 e. The first-order valence-electron chi connectivity index (χ1n) is 7.27. The molecule has 0 radical (unpaired) electrons. The Labute approximate surface area is 133 Å². The van der Waals surface area contributed by atoms with Gasteiger partial charge in [-0.25, -0.2) is 0 Å². The van der Waals surface area contributed by atoms with Crippen molar-refractivity contribution in [3.63, 3.8) is 0 Å². The fourth-order valence-corrected chi connectivity index (χ4v) is 2.41. The third-order valence-corrected chi connectivity index (χ3v) is 4.03. The maximum atomic E-state index is 12.5. The monoisotopic (exact) mass is 324 g/mol. The zero-order valence-electron chi connectivity index (χ0n) is 13.3. The number of hydrogen-bond acceptors (Lipinski definition) is 1. The number of carbonyl (C=O) groups excluding carboxylic acids is 1. The Kier molecular flexibility index (Phi) is 4.82. The van der Waals surface area contributed by atoms with E-state index >= 15 is 0 Å². The Balaban J connectivity index is 1.93. The third kappa shape index (κ3) is 3.94. The number of nitrogens with one attached hydrogen (secondary N) is 1. The van der Waals surface area contributed by atoms with Gasteiger partial charge in [0.1, 0.15) is 0 Å². The van der Waals surface area contributed by atoms with Gasteiger partial charge < -0.3 is 9.88 Å². The predicted octanol–water partition coefficient (Wildman–Crippen LogP) is 3.63.